The molecule has 1 aliphatic rings. The lowest BCUT2D eigenvalue weighted by atomic mass is 10.1. The monoisotopic (exact) mass is 474 g/mol. The highest BCUT2D eigenvalue weighted by molar-refractivity contribution is 5.95. The number of halogens is 3. The quantitative estimate of drug-likeness (QED) is 0.565. The molecule has 2 aromatic heterocycles. The molecule has 11 heteroatoms. The number of aryl methyl sites for hydroxylation is 1. The lowest BCUT2D eigenvalue weighted by molar-refractivity contribution is -0.143. The zero-order valence-corrected chi connectivity index (χ0v) is 18.9. The average Bonchev–Trinajstić information content (AvgIpc) is 3.15. The fourth-order valence-electron chi connectivity index (χ4n) is 4.02. The summed E-state index contributed by atoms with van der Waals surface area (Å²) in [6.45, 7) is 4.80. The van der Waals surface area contributed by atoms with Crippen LogP contribution in [-0.2, 0) is 12.7 Å². The largest absolute Gasteiger partial charge is 0.480 e. The van der Waals surface area contributed by atoms with Crippen molar-refractivity contribution in [1.29, 1.82) is 0 Å². The third-order valence-corrected chi connectivity index (χ3v) is 5.85. The summed E-state index contributed by atoms with van der Waals surface area (Å²) in [6.07, 6.45) is -3.20. The number of carbonyl (C=O) groups excluding carboxylic acids is 1. The van der Waals surface area contributed by atoms with E-state index in [1.807, 2.05) is 25.1 Å². The fraction of sp³-hybridized carbons (Fsp3) is 0.391. The maximum atomic E-state index is 14.0. The van der Waals surface area contributed by atoms with Gasteiger partial charge in [0.15, 0.2) is 11.5 Å². The van der Waals surface area contributed by atoms with Crippen molar-refractivity contribution in [2.45, 2.75) is 26.1 Å². The number of benzene rings is 1. The summed E-state index contributed by atoms with van der Waals surface area (Å²) < 4.78 is 47.5. The summed E-state index contributed by atoms with van der Waals surface area (Å²) in [5, 5.41) is 11.3. The maximum absolute atomic E-state index is 14.0. The molecule has 4 rings (SSSR count). The SMILES string of the molecule is COc1ccc(-n2ncc(C(=O)N3CCCN(Cc4ccccc4C)CC3)c2C(F)(F)F)nn1. The minimum atomic E-state index is -4.81. The van der Waals surface area contributed by atoms with Gasteiger partial charge in [-0.2, -0.15) is 18.3 Å². The summed E-state index contributed by atoms with van der Waals surface area (Å²) in [5.74, 6) is -0.703. The molecule has 0 unspecified atom stereocenters. The highest BCUT2D eigenvalue weighted by Crippen LogP contribution is 2.34. The van der Waals surface area contributed by atoms with Crippen molar-refractivity contribution in [3.8, 4) is 11.7 Å². The van der Waals surface area contributed by atoms with E-state index in [1.165, 1.54) is 35.3 Å². The average molecular weight is 474 g/mol. The topological polar surface area (TPSA) is 76.4 Å². The van der Waals surface area contributed by atoms with Crippen LogP contribution in [0.15, 0.2) is 42.6 Å². The second kappa shape index (κ2) is 9.80. The molecule has 0 atom stereocenters. The summed E-state index contributed by atoms with van der Waals surface area (Å²) in [5.41, 5.74) is 0.711. The Morgan fingerprint density at radius 2 is 1.85 bits per heavy atom. The van der Waals surface area contributed by atoms with Crippen LogP contribution in [0.4, 0.5) is 13.2 Å². The van der Waals surface area contributed by atoms with Gasteiger partial charge in [-0.25, -0.2) is 4.68 Å². The van der Waals surface area contributed by atoms with E-state index in [9.17, 15) is 18.0 Å². The minimum absolute atomic E-state index is 0.153. The Morgan fingerprint density at radius 1 is 1.06 bits per heavy atom. The highest BCUT2D eigenvalue weighted by atomic mass is 19.4. The lowest BCUT2D eigenvalue weighted by Gasteiger charge is -2.23. The molecular formula is C23H25F3N6O2. The van der Waals surface area contributed by atoms with Crippen LogP contribution in [0.2, 0.25) is 0 Å². The molecule has 3 aromatic rings. The van der Waals surface area contributed by atoms with Crippen molar-refractivity contribution in [1.82, 2.24) is 29.8 Å². The van der Waals surface area contributed by atoms with E-state index in [4.69, 9.17) is 4.74 Å². The van der Waals surface area contributed by atoms with Gasteiger partial charge in [-0.3, -0.25) is 9.69 Å². The molecule has 1 aromatic carbocycles. The number of ether oxygens (including phenoxy) is 1. The van der Waals surface area contributed by atoms with Crippen molar-refractivity contribution < 1.29 is 22.7 Å². The van der Waals surface area contributed by atoms with Gasteiger partial charge < -0.3 is 9.64 Å². The summed E-state index contributed by atoms with van der Waals surface area (Å²) in [4.78, 5) is 16.9. The Bertz CT molecular complexity index is 1150. The van der Waals surface area contributed by atoms with E-state index in [1.54, 1.807) is 0 Å². The Hall–Kier alpha value is -3.47. The van der Waals surface area contributed by atoms with Crippen LogP contribution < -0.4 is 4.74 Å². The first-order valence-electron chi connectivity index (χ1n) is 10.9. The summed E-state index contributed by atoms with van der Waals surface area (Å²) >= 11 is 0. The molecule has 0 bridgehead atoms. The van der Waals surface area contributed by atoms with Gasteiger partial charge in [0.1, 0.15) is 0 Å². The molecule has 180 valence electrons. The van der Waals surface area contributed by atoms with E-state index in [-0.39, 0.29) is 11.7 Å². The number of alkyl halides is 3. The number of aromatic nitrogens is 4. The van der Waals surface area contributed by atoms with Crippen molar-refractivity contribution >= 4 is 5.91 Å². The molecule has 1 amide bonds. The van der Waals surface area contributed by atoms with Crippen LogP contribution in [0.5, 0.6) is 5.88 Å². The van der Waals surface area contributed by atoms with Gasteiger partial charge in [0.05, 0.1) is 18.9 Å². The first-order chi connectivity index (χ1) is 16.3. The first kappa shape index (κ1) is 23.7. The van der Waals surface area contributed by atoms with E-state index in [0.29, 0.717) is 30.7 Å². The number of nitrogens with zero attached hydrogens (tertiary/aromatic N) is 6. The predicted octanol–water partition coefficient (Wildman–Crippen LogP) is 3.35. The number of hydrogen-bond acceptors (Lipinski definition) is 6. The van der Waals surface area contributed by atoms with Gasteiger partial charge in [0.2, 0.25) is 5.88 Å². The minimum Gasteiger partial charge on any atom is -0.480 e. The Morgan fingerprint density at radius 3 is 2.53 bits per heavy atom. The van der Waals surface area contributed by atoms with Crippen molar-refractivity contribution in [2.24, 2.45) is 0 Å². The zero-order chi connectivity index (χ0) is 24.3. The maximum Gasteiger partial charge on any atom is 0.434 e. The Balaban J connectivity index is 1.54. The van der Waals surface area contributed by atoms with Crippen LogP contribution in [0.25, 0.3) is 5.82 Å². The molecule has 3 heterocycles. The van der Waals surface area contributed by atoms with Crippen LogP contribution in [0.3, 0.4) is 0 Å². The molecule has 0 N–H and O–H groups in total. The van der Waals surface area contributed by atoms with E-state index >= 15 is 0 Å². The van der Waals surface area contributed by atoms with Crippen LogP contribution in [0.1, 0.15) is 33.6 Å². The molecular weight excluding hydrogens is 449 g/mol. The predicted molar refractivity (Wildman–Crippen MR) is 118 cm³/mol. The molecule has 1 aliphatic heterocycles. The third-order valence-electron chi connectivity index (χ3n) is 5.85. The Labute approximate surface area is 194 Å². The van der Waals surface area contributed by atoms with Gasteiger partial charge in [-0.15, -0.1) is 10.2 Å². The van der Waals surface area contributed by atoms with Crippen LogP contribution in [0, 0.1) is 6.92 Å². The Kier molecular flexibility index (Phi) is 6.82. The summed E-state index contributed by atoms with van der Waals surface area (Å²) in [7, 11) is 1.37. The van der Waals surface area contributed by atoms with Gasteiger partial charge in [0, 0.05) is 38.8 Å². The standard InChI is InChI=1S/C23H25F3N6O2/c1-16-6-3-4-7-17(16)15-30-10-5-11-31(13-12-30)22(33)18-14-27-32(21(18)23(24,25)26)19-8-9-20(34-2)29-28-19/h3-4,6-9,14H,5,10-13,15H2,1-2H3. The molecule has 1 saturated heterocycles. The van der Waals surface area contributed by atoms with Crippen molar-refractivity contribution in [2.75, 3.05) is 33.3 Å². The smallest absolute Gasteiger partial charge is 0.434 e. The van der Waals surface area contributed by atoms with Crippen LogP contribution >= 0.6 is 0 Å². The van der Waals surface area contributed by atoms with E-state index < -0.39 is 23.3 Å². The number of rotatable bonds is 5. The molecule has 0 aliphatic carbocycles. The molecule has 1 fully saturated rings. The summed E-state index contributed by atoms with van der Waals surface area (Å²) in [6, 6.07) is 10.8. The van der Waals surface area contributed by atoms with Crippen molar-refractivity contribution in [3.63, 3.8) is 0 Å². The number of amides is 1. The van der Waals surface area contributed by atoms with Crippen LogP contribution in [-0.4, -0.2) is 69.0 Å². The zero-order valence-electron chi connectivity index (χ0n) is 18.9. The van der Waals surface area contributed by atoms with Crippen molar-refractivity contribution in [3.05, 3.63) is 65.0 Å². The normalized spacial score (nSPS) is 15.3. The fourth-order valence-corrected chi connectivity index (χ4v) is 4.02. The number of methoxy groups -OCH3 is 1. The highest BCUT2D eigenvalue weighted by Gasteiger charge is 2.42. The van der Waals surface area contributed by atoms with Gasteiger partial charge in [-0.1, -0.05) is 24.3 Å². The molecule has 0 saturated carbocycles. The second-order valence-corrected chi connectivity index (χ2v) is 8.10. The van der Waals surface area contributed by atoms with Gasteiger partial charge >= 0.3 is 6.18 Å². The first-order valence-corrected chi connectivity index (χ1v) is 10.9. The molecule has 34 heavy (non-hydrogen) atoms. The molecule has 8 nitrogen and oxygen atoms in total. The third kappa shape index (κ3) is 5.04. The lowest BCUT2D eigenvalue weighted by Crippen LogP contribution is -2.36. The number of carbonyl (C=O) groups is 1. The van der Waals surface area contributed by atoms with E-state index in [0.717, 1.165) is 19.3 Å². The molecule has 0 radical (unpaired) electrons. The van der Waals surface area contributed by atoms with Gasteiger partial charge in [-0.05, 0) is 30.5 Å². The van der Waals surface area contributed by atoms with E-state index in [2.05, 4.69) is 26.3 Å². The molecule has 0 spiro atoms. The second-order valence-electron chi connectivity index (χ2n) is 8.10. The number of hydrogen-bond donors (Lipinski definition) is 0. The van der Waals surface area contributed by atoms with Gasteiger partial charge in [0.25, 0.3) is 5.91 Å².